The van der Waals surface area contributed by atoms with Crippen LogP contribution in [0.15, 0.2) is 0 Å². The first-order valence-electron chi connectivity index (χ1n) is 8.82. The van der Waals surface area contributed by atoms with E-state index in [0.717, 1.165) is 25.7 Å². The molecule has 0 spiro atoms. The minimum Gasteiger partial charge on any atom is -0.479 e. The Bertz CT molecular complexity index is 425. The molecule has 2 saturated heterocycles. The van der Waals surface area contributed by atoms with Crippen LogP contribution in [-0.2, 0) is 28.5 Å². The summed E-state index contributed by atoms with van der Waals surface area (Å²) in [7, 11) is 0. The second-order valence-electron chi connectivity index (χ2n) is 6.83. The zero-order valence-corrected chi connectivity index (χ0v) is 15.1. The van der Waals surface area contributed by atoms with Gasteiger partial charge in [-0.2, -0.15) is 0 Å². The fourth-order valence-corrected chi connectivity index (χ4v) is 3.00. The average Bonchev–Trinajstić information content (AvgIpc) is 2.94. The molecule has 0 saturated carbocycles. The molecule has 2 heterocycles. The van der Waals surface area contributed by atoms with Crippen LogP contribution in [0.5, 0.6) is 0 Å². The second-order valence-corrected chi connectivity index (χ2v) is 6.83. The summed E-state index contributed by atoms with van der Waals surface area (Å²) in [6, 6.07) is 0. The van der Waals surface area contributed by atoms with Crippen molar-refractivity contribution in [2.45, 2.75) is 83.3 Å². The van der Waals surface area contributed by atoms with Gasteiger partial charge in [-0.1, -0.05) is 26.7 Å². The van der Waals surface area contributed by atoms with Gasteiger partial charge < -0.3 is 28.8 Å². The summed E-state index contributed by atoms with van der Waals surface area (Å²) in [6.45, 7) is 8.50. The summed E-state index contributed by atoms with van der Waals surface area (Å²) >= 11 is 0. The third-order valence-corrected chi connectivity index (χ3v) is 4.29. The molecule has 2 fully saturated rings. The Morgan fingerprint density at radius 2 is 1.75 bits per heavy atom. The largest absolute Gasteiger partial charge is 0.479 e. The van der Waals surface area contributed by atoms with Gasteiger partial charge in [-0.05, 0) is 26.7 Å². The lowest BCUT2D eigenvalue weighted by Crippen LogP contribution is -2.55. The predicted octanol–water partition coefficient (Wildman–Crippen LogP) is 2.32. The number of carboxylic acid groups (broad SMARTS) is 1. The van der Waals surface area contributed by atoms with Gasteiger partial charge in [0.25, 0.3) is 0 Å². The van der Waals surface area contributed by atoms with Crippen molar-refractivity contribution in [3.05, 3.63) is 0 Å². The highest BCUT2D eigenvalue weighted by molar-refractivity contribution is 5.79. The predicted molar refractivity (Wildman–Crippen MR) is 85.7 cm³/mol. The van der Waals surface area contributed by atoms with Crippen molar-refractivity contribution in [3.8, 4) is 0 Å². The minimum atomic E-state index is -1.60. The lowest BCUT2D eigenvalue weighted by Gasteiger charge is -2.33. The van der Waals surface area contributed by atoms with Crippen LogP contribution >= 0.6 is 0 Å². The zero-order chi connectivity index (χ0) is 17.8. The molecule has 0 aliphatic carbocycles. The van der Waals surface area contributed by atoms with Crippen LogP contribution in [0.4, 0.5) is 0 Å². The number of ether oxygens (including phenoxy) is 5. The third-order valence-electron chi connectivity index (χ3n) is 4.29. The summed E-state index contributed by atoms with van der Waals surface area (Å²) in [5.41, 5.74) is -1.60. The van der Waals surface area contributed by atoms with Crippen molar-refractivity contribution in [2.75, 3.05) is 19.8 Å². The van der Waals surface area contributed by atoms with E-state index >= 15 is 0 Å². The number of aliphatic carboxylic acids is 1. The Labute approximate surface area is 143 Å². The van der Waals surface area contributed by atoms with Gasteiger partial charge >= 0.3 is 5.97 Å². The fraction of sp³-hybridized carbons (Fsp3) is 0.941. The number of fused-ring (bicyclic) bond motifs is 1. The normalized spacial score (nSPS) is 34.4. The zero-order valence-electron chi connectivity index (χ0n) is 15.1. The van der Waals surface area contributed by atoms with Crippen molar-refractivity contribution in [2.24, 2.45) is 0 Å². The quantitative estimate of drug-likeness (QED) is 0.608. The number of carbonyl (C=O) groups is 1. The molecule has 1 N–H and O–H groups in total. The molecule has 2 aliphatic heterocycles. The van der Waals surface area contributed by atoms with Gasteiger partial charge in [0.05, 0.1) is 6.61 Å². The molecule has 0 aromatic rings. The highest BCUT2D eigenvalue weighted by Crippen LogP contribution is 2.44. The maximum atomic E-state index is 12.0. The Hall–Kier alpha value is -0.730. The first kappa shape index (κ1) is 19.6. The van der Waals surface area contributed by atoms with Gasteiger partial charge in [0.15, 0.2) is 12.1 Å². The van der Waals surface area contributed by atoms with Gasteiger partial charge in [-0.25, -0.2) is 4.79 Å². The van der Waals surface area contributed by atoms with E-state index in [2.05, 4.69) is 0 Å². The smallest absolute Gasteiger partial charge is 0.341 e. The average molecular weight is 346 g/mol. The molecule has 7 nitrogen and oxygen atoms in total. The summed E-state index contributed by atoms with van der Waals surface area (Å²) in [5.74, 6) is -1.94. The molecule has 24 heavy (non-hydrogen) atoms. The SMILES string of the molecule is CCCCOC[C@@]1(C(=O)O)O[C@H]2OC(C)(C)O[C@H]2C1OCCCC. The van der Waals surface area contributed by atoms with Gasteiger partial charge in [0.2, 0.25) is 5.60 Å². The fourth-order valence-electron chi connectivity index (χ4n) is 3.00. The van der Waals surface area contributed by atoms with Crippen molar-refractivity contribution in [1.29, 1.82) is 0 Å². The van der Waals surface area contributed by atoms with E-state index in [9.17, 15) is 9.90 Å². The Kier molecular flexibility index (Phi) is 6.61. The molecule has 140 valence electrons. The Balaban J connectivity index is 2.15. The van der Waals surface area contributed by atoms with E-state index in [4.69, 9.17) is 23.7 Å². The highest BCUT2D eigenvalue weighted by atomic mass is 16.8. The van der Waals surface area contributed by atoms with E-state index in [1.807, 2.05) is 13.8 Å². The van der Waals surface area contributed by atoms with Crippen LogP contribution in [-0.4, -0.2) is 60.8 Å². The minimum absolute atomic E-state index is 0.0841. The highest BCUT2D eigenvalue weighted by Gasteiger charge is 2.66. The molecule has 2 aliphatic rings. The van der Waals surface area contributed by atoms with Crippen LogP contribution in [0.3, 0.4) is 0 Å². The summed E-state index contributed by atoms with van der Waals surface area (Å²) in [6.07, 6.45) is 1.52. The molecular formula is C17H30O7. The maximum Gasteiger partial charge on any atom is 0.341 e. The van der Waals surface area contributed by atoms with Crippen LogP contribution in [0.2, 0.25) is 0 Å². The standard InChI is InChI=1S/C17H30O7/c1-5-7-9-20-11-17(15(18)19)13(21-10-8-6-2)12-14(24-17)23-16(3,4)22-12/h12-14H,5-11H2,1-4H3,(H,18,19)/t12-,13?,14+,17+/m0/s1. The lowest BCUT2D eigenvalue weighted by atomic mass is 9.96. The molecule has 2 rings (SSSR count). The second kappa shape index (κ2) is 8.10. The number of carboxylic acids is 1. The first-order valence-corrected chi connectivity index (χ1v) is 8.82. The van der Waals surface area contributed by atoms with E-state index < -0.39 is 35.9 Å². The van der Waals surface area contributed by atoms with Crippen molar-refractivity contribution >= 4 is 5.97 Å². The van der Waals surface area contributed by atoms with Crippen LogP contribution < -0.4 is 0 Å². The Morgan fingerprint density at radius 3 is 2.38 bits per heavy atom. The van der Waals surface area contributed by atoms with Crippen LogP contribution in [0.25, 0.3) is 0 Å². The number of unbranched alkanes of at least 4 members (excludes halogenated alkanes) is 2. The van der Waals surface area contributed by atoms with E-state index in [-0.39, 0.29) is 6.61 Å². The molecule has 0 amide bonds. The lowest BCUT2D eigenvalue weighted by molar-refractivity contribution is -0.254. The molecule has 1 unspecified atom stereocenters. The molecule has 4 atom stereocenters. The summed E-state index contributed by atoms with van der Waals surface area (Å²) < 4.78 is 28.8. The first-order chi connectivity index (χ1) is 11.4. The van der Waals surface area contributed by atoms with Crippen molar-refractivity contribution in [1.82, 2.24) is 0 Å². The van der Waals surface area contributed by atoms with E-state index in [0.29, 0.717) is 13.2 Å². The van der Waals surface area contributed by atoms with E-state index in [1.165, 1.54) is 0 Å². The summed E-state index contributed by atoms with van der Waals surface area (Å²) in [4.78, 5) is 12.0. The summed E-state index contributed by atoms with van der Waals surface area (Å²) in [5, 5.41) is 9.84. The maximum absolute atomic E-state index is 12.0. The molecule has 0 bridgehead atoms. The third kappa shape index (κ3) is 4.08. The topological polar surface area (TPSA) is 83.5 Å². The van der Waals surface area contributed by atoms with Crippen molar-refractivity contribution < 1.29 is 33.6 Å². The number of rotatable bonds is 10. The van der Waals surface area contributed by atoms with Gasteiger partial charge in [0, 0.05) is 13.2 Å². The monoisotopic (exact) mass is 346 g/mol. The van der Waals surface area contributed by atoms with Crippen molar-refractivity contribution in [3.63, 3.8) is 0 Å². The van der Waals surface area contributed by atoms with Gasteiger partial charge in [-0.15, -0.1) is 0 Å². The van der Waals surface area contributed by atoms with Crippen LogP contribution in [0.1, 0.15) is 53.4 Å². The number of hydrogen-bond donors (Lipinski definition) is 1. The molecule has 0 radical (unpaired) electrons. The van der Waals surface area contributed by atoms with E-state index in [1.54, 1.807) is 13.8 Å². The molecular weight excluding hydrogens is 316 g/mol. The van der Waals surface area contributed by atoms with Gasteiger partial charge in [0.1, 0.15) is 12.2 Å². The van der Waals surface area contributed by atoms with Crippen LogP contribution in [0, 0.1) is 0 Å². The molecule has 7 heteroatoms. The van der Waals surface area contributed by atoms with Gasteiger partial charge in [-0.3, -0.25) is 0 Å². The Morgan fingerprint density at radius 1 is 1.08 bits per heavy atom. The molecule has 0 aromatic heterocycles. The molecule has 0 aromatic carbocycles. The number of hydrogen-bond acceptors (Lipinski definition) is 6.